The molecule has 2 aromatic rings. The Morgan fingerprint density at radius 1 is 1.26 bits per heavy atom. The fraction of sp³-hybridized carbons (Fsp3) is 0.176. The molecule has 5 nitrogen and oxygen atoms in total. The van der Waals surface area contributed by atoms with Crippen LogP contribution in [0.3, 0.4) is 0 Å². The lowest BCUT2D eigenvalue weighted by atomic mass is 9.95. The molecule has 6 heteroatoms. The molecule has 4 N–H and O–H groups in total. The monoisotopic (exact) mass is 328 g/mol. The number of fused-ring (bicyclic) bond motifs is 1. The summed E-state index contributed by atoms with van der Waals surface area (Å²) in [4.78, 5) is 11.8. The van der Waals surface area contributed by atoms with Crippen LogP contribution >= 0.6 is 11.6 Å². The first kappa shape index (κ1) is 15.4. The molecule has 1 atom stereocenters. The molecule has 2 aromatic carbocycles. The number of amides is 2. The van der Waals surface area contributed by atoms with Gasteiger partial charge >= 0.3 is 6.03 Å². The Balaban J connectivity index is 2.22. The third kappa shape index (κ3) is 3.00. The molecular weight excluding hydrogens is 312 g/mol. The SMILES string of the molecule is CC1Cc2ccc(Cl)cc2C(c2ccc(N)cc2)=NN1C(N)=O. The Morgan fingerprint density at radius 2 is 1.96 bits per heavy atom. The van der Waals surface area contributed by atoms with Crippen LogP contribution in [0, 0.1) is 0 Å². The average molecular weight is 329 g/mol. The molecule has 0 bridgehead atoms. The zero-order chi connectivity index (χ0) is 16.6. The second kappa shape index (κ2) is 5.93. The summed E-state index contributed by atoms with van der Waals surface area (Å²) in [6.07, 6.45) is 0.650. The molecule has 0 fully saturated rings. The molecular formula is C17H17ClN4O. The Kier molecular flexibility index (Phi) is 3.96. The van der Waals surface area contributed by atoms with E-state index in [4.69, 9.17) is 23.1 Å². The first-order chi connectivity index (χ1) is 11.0. The molecule has 1 unspecified atom stereocenters. The van der Waals surface area contributed by atoms with Crippen molar-refractivity contribution in [2.45, 2.75) is 19.4 Å². The predicted molar refractivity (Wildman–Crippen MR) is 92.5 cm³/mol. The van der Waals surface area contributed by atoms with Crippen molar-refractivity contribution >= 4 is 29.0 Å². The number of urea groups is 1. The highest BCUT2D eigenvalue weighted by atomic mass is 35.5. The predicted octanol–water partition coefficient (Wildman–Crippen LogP) is 3.00. The van der Waals surface area contributed by atoms with Gasteiger partial charge in [0.15, 0.2) is 0 Å². The number of hydrazone groups is 1. The molecule has 0 saturated heterocycles. The summed E-state index contributed by atoms with van der Waals surface area (Å²) in [5.41, 5.74) is 15.4. The van der Waals surface area contributed by atoms with Gasteiger partial charge in [0.25, 0.3) is 0 Å². The van der Waals surface area contributed by atoms with E-state index in [0.29, 0.717) is 22.8 Å². The van der Waals surface area contributed by atoms with Gasteiger partial charge in [-0.15, -0.1) is 0 Å². The second-order valence-electron chi connectivity index (χ2n) is 5.61. The number of halogens is 1. The lowest BCUT2D eigenvalue weighted by molar-refractivity contribution is 0.192. The fourth-order valence-corrected chi connectivity index (χ4v) is 2.90. The summed E-state index contributed by atoms with van der Waals surface area (Å²) < 4.78 is 0. The Labute approximate surface area is 139 Å². The number of primary amides is 1. The van der Waals surface area contributed by atoms with Crippen molar-refractivity contribution in [2.75, 3.05) is 5.73 Å². The molecule has 23 heavy (non-hydrogen) atoms. The Hall–Kier alpha value is -2.53. The van der Waals surface area contributed by atoms with Crippen molar-refractivity contribution in [2.24, 2.45) is 10.8 Å². The summed E-state index contributed by atoms with van der Waals surface area (Å²) in [6.45, 7) is 1.92. The maximum absolute atomic E-state index is 11.8. The van der Waals surface area contributed by atoms with Crippen molar-refractivity contribution in [3.05, 3.63) is 64.2 Å². The number of nitrogen functional groups attached to an aromatic ring is 1. The first-order valence-electron chi connectivity index (χ1n) is 7.27. The quantitative estimate of drug-likeness (QED) is 0.788. The molecule has 0 saturated carbocycles. The molecule has 2 amide bonds. The highest BCUT2D eigenvalue weighted by Crippen LogP contribution is 2.26. The molecule has 0 aliphatic carbocycles. The third-order valence-electron chi connectivity index (χ3n) is 3.88. The Morgan fingerprint density at radius 3 is 2.61 bits per heavy atom. The van der Waals surface area contributed by atoms with Gasteiger partial charge in [0.1, 0.15) is 0 Å². The van der Waals surface area contributed by atoms with E-state index in [1.807, 2.05) is 37.3 Å². The molecule has 0 spiro atoms. The maximum Gasteiger partial charge on any atom is 0.335 e. The van der Waals surface area contributed by atoms with Gasteiger partial charge in [-0.05, 0) is 43.2 Å². The van der Waals surface area contributed by atoms with Gasteiger partial charge in [0.2, 0.25) is 0 Å². The number of nitrogens with zero attached hydrogens (tertiary/aromatic N) is 2. The minimum absolute atomic E-state index is 0.140. The largest absolute Gasteiger partial charge is 0.399 e. The number of carbonyl (C=O) groups is 1. The summed E-state index contributed by atoms with van der Waals surface area (Å²) in [5.74, 6) is 0. The number of carbonyl (C=O) groups excluding carboxylic acids is 1. The zero-order valence-electron chi connectivity index (χ0n) is 12.7. The summed E-state index contributed by atoms with van der Waals surface area (Å²) >= 11 is 6.16. The Bertz CT molecular complexity index is 786. The van der Waals surface area contributed by atoms with Gasteiger partial charge in [0.05, 0.1) is 11.8 Å². The van der Waals surface area contributed by atoms with Crippen LogP contribution in [0.5, 0.6) is 0 Å². The molecule has 3 rings (SSSR count). The zero-order valence-corrected chi connectivity index (χ0v) is 13.4. The van der Waals surface area contributed by atoms with Gasteiger partial charge in [0, 0.05) is 21.8 Å². The first-order valence-corrected chi connectivity index (χ1v) is 7.65. The van der Waals surface area contributed by atoms with Crippen LogP contribution in [-0.4, -0.2) is 22.8 Å². The van der Waals surface area contributed by atoms with Crippen molar-refractivity contribution in [3.63, 3.8) is 0 Å². The van der Waals surface area contributed by atoms with Crippen molar-refractivity contribution in [3.8, 4) is 0 Å². The molecule has 0 aromatic heterocycles. The number of hydrogen-bond acceptors (Lipinski definition) is 3. The van der Waals surface area contributed by atoms with E-state index >= 15 is 0 Å². The highest BCUT2D eigenvalue weighted by molar-refractivity contribution is 6.31. The smallest absolute Gasteiger partial charge is 0.335 e. The fourth-order valence-electron chi connectivity index (χ4n) is 2.73. The van der Waals surface area contributed by atoms with E-state index in [2.05, 4.69) is 5.10 Å². The van der Waals surface area contributed by atoms with Crippen LogP contribution in [0.15, 0.2) is 47.6 Å². The van der Waals surface area contributed by atoms with Gasteiger partial charge in [-0.2, -0.15) is 5.10 Å². The van der Waals surface area contributed by atoms with Gasteiger partial charge in [-0.25, -0.2) is 9.80 Å². The summed E-state index contributed by atoms with van der Waals surface area (Å²) in [5, 5.41) is 6.45. The van der Waals surface area contributed by atoms with E-state index < -0.39 is 6.03 Å². The van der Waals surface area contributed by atoms with Gasteiger partial charge in [-0.3, -0.25) is 0 Å². The van der Waals surface area contributed by atoms with Crippen LogP contribution in [0.2, 0.25) is 5.02 Å². The minimum atomic E-state index is -0.579. The second-order valence-corrected chi connectivity index (χ2v) is 6.04. The number of nitrogens with two attached hydrogens (primary N) is 2. The van der Waals surface area contributed by atoms with Crippen LogP contribution in [-0.2, 0) is 6.42 Å². The van der Waals surface area contributed by atoms with Crippen molar-refractivity contribution < 1.29 is 4.79 Å². The van der Waals surface area contributed by atoms with Crippen LogP contribution < -0.4 is 11.5 Å². The average Bonchev–Trinajstić information content (AvgIpc) is 2.64. The number of anilines is 1. The molecule has 1 aliphatic rings. The normalized spacial score (nSPS) is 17.2. The number of rotatable bonds is 1. The minimum Gasteiger partial charge on any atom is -0.399 e. The number of benzene rings is 2. The number of hydrogen-bond donors (Lipinski definition) is 2. The van der Waals surface area contributed by atoms with E-state index in [-0.39, 0.29) is 6.04 Å². The molecule has 0 radical (unpaired) electrons. The summed E-state index contributed by atoms with van der Waals surface area (Å²) in [7, 11) is 0. The van der Waals surface area contributed by atoms with E-state index in [9.17, 15) is 4.79 Å². The molecule has 118 valence electrons. The summed E-state index contributed by atoms with van der Waals surface area (Å²) in [6, 6.07) is 12.3. The van der Waals surface area contributed by atoms with Crippen LogP contribution in [0.4, 0.5) is 10.5 Å². The van der Waals surface area contributed by atoms with Crippen LogP contribution in [0.25, 0.3) is 0 Å². The topological polar surface area (TPSA) is 84.7 Å². The van der Waals surface area contributed by atoms with Crippen molar-refractivity contribution in [1.82, 2.24) is 5.01 Å². The van der Waals surface area contributed by atoms with Gasteiger partial charge < -0.3 is 11.5 Å². The van der Waals surface area contributed by atoms with Crippen LogP contribution in [0.1, 0.15) is 23.6 Å². The van der Waals surface area contributed by atoms with Gasteiger partial charge in [-0.1, -0.05) is 29.8 Å². The van der Waals surface area contributed by atoms with Crippen molar-refractivity contribution in [1.29, 1.82) is 0 Å². The standard InChI is InChI=1S/C17H17ClN4O/c1-10-8-12-2-5-13(18)9-15(12)16(21-22(10)17(20)23)11-3-6-14(19)7-4-11/h2-7,9-10H,8,19H2,1H3,(H2,20,23). The van der Waals surface area contributed by atoms with E-state index in [1.165, 1.54) is 5.01 Å². The van der Waals surface area contributed by atoms with E-state index in [0.717, 1.165) is 16.7 Å². The third-order valence-corrected chi connectivity index (χ3v) is 4.11. The highest BCUT2D eigenvalue weighted by Gasteiger charge is 2.26. The maximum atomic E-state index is 11.8. The lowest BCUT2D eigenvalue weighted by Gasteiger charge is -2.20. The molecule has 1 heterocycles. The molecule has 1 aliphatic heterocycles. The van der Waals surface area contributed by atoms with E-state index in [1.54, 1.807) is 12.1 Å². The lowest BCUT2D eigenvalue weighted by Crippen LogP contribution is -2.39.